The Morgan fingerprint density at radius 3 is 2.38 bits per heavy atom. The summed E-state index contributed by atoms with van der Waals surface area (Å²) < 4.78 is 0.992. The van der Waals surface area contributed by atoms with E-state index in [1.165, 1.54) is 0 Å². The van der Waals surface area contributed by atoms with Crippen molar-refractivity contribution in [1.82, 2.24) is 9.97 Å². The number of anilines is 1. The molecule has 0 fully saturated rings. The smallest absolute Gasteiger partial charge is 0.140 e. The van der Waals surface area contributed by atoms with Crippen molar-refractivity contribution in [3.63, 3.8) is 0 Å². The largest absolute Gasteiger partial charge is 0.383 e. The van der Waals surface area contributed by atoms with Gasteiger partial charge in [-0.2, -0.15) is 11.8 Å². The van der Waals surface area contributed by atoms with Crippen molar-refractivity contribution in [2.45, 2.75) is 44.6 Å². The maximum Gasteiger partial charge on any atom is 0.140 e. The van der Waals surface area contributed by atoms with E-state index >= 15 is 0 Å². The zero-order valence-electron chi connectivity index (χ0n) is 10.1. The highest BCUT2D eigenvalue weighted by molar-refractivity contribution is 14.1. The average Bonchev–Trinajstić information content (AvgIpc) is 2.19. The third-order valence-corrected chi connectivity index (χ3v) is 4.24. The molecule has 5 heteroatoms. The minimum absolute atomic E-state index is 0.389. The number of hydrogen-bond acceptors (Lipinski definition) is 4. The Morgan fingerprint density at radius 1 is 1.25 bits per heavy atom. The molecular weight excluding hydrogens is 333 g/mol. The van der Waals surface area contributed by atoms with Gasteiger partial charge in [-0.05, 0) is 33.8 Å². The Bertz CT molecular complexity index is 366. The lowest BCUT2D eigenvalue weighted by Gasteiger charge is -2.12. The van der Waals surface area contributed by atoms with Crippen molar-refractivity contribution in [2.24, 2.45) is 0 Å². The van der Waals surface area contributed by atoms with Gasteiger partial charge in [0.05, 0.1) is 15.0 Å². The average molecular weight is 351 g/mol. The third-order valence-electron chi connectivity index (χ3n) is 2.04. The number of nitrogen functional groups attached to an aromatic ring is 1. The molecule has 1 aromatic heterocycles. The standard InChI is InChI=1S/C11H18IN3S/c1-6(2)10-9(12)11(13)15-8(14-10)5-16-7(3)4/h6-7H,5H2,1-4H3,(H2,13,14,15). The summed E-state index contributed by atoms with van der Waals surface area (Å²) in [5.41, 5.74) is 6.96. The third kappa shape index (κ3) is 3.76. The van der Waals surface area contributed by atoms with Crippen LogP contribution in [0.4, 0.5) is 5.82 Å². The second-order valence-electron chi connectivity index (χ2n) is 4.24. The van der Waals surface area contributed by atoms with Gasteiger partial charge in [0.25, 0.3) is 0 Å². The number of hydrogen-bond donors (Lipinski definition) is 1. The first-order chi connectivity index (χ1) is 7.41. The summed E-state index contributed by atoms with van der Waals surface area (Å²) >= 11 is 4.06. The van der Waals surface area contributed by atoms with Crippen molar-refractivity contribution in [2.75, 3.05) is 5.73 Å². The molecule has 0 amide bonds. The summed E-state index contributed by atoms with van der Waals surface area (Å²) in [5.74, 6) is 2.68. The van der Waals surface area contributed by atoms with E-state index < -0.39 is 0 Å². The number of thioether (sulfide) groups is 1. The Balaban J connectivity index is 2.95. The molecule has 0 saturated heterocycles. The zero-order valence-corrected chi connectivity index (χ0v) is 13.1. The van der Waals surface area contributed by atoms with Gasteiger partial charge in [-0.15, -0.1) is 0 Å². The predicted molar refractivity (Wildman–Crippen MR) is 79.7 cm³/mol. The Morgan fingerprint density at radius 2 is 1.88 bits per heavy atom. The highest BCUT2D eigenvalue weighted by Gasteiger charge is 2.13. The minimum Gasteiger partial charge on any atom is -0.383 e. The van der Waals surface area contributed by atoms with Gasteiger partial charge in [0, 0.05) is 0 Å². The number of nitrogens with two attached hydrogens (primary N) is 1. The minimum atomic E-state index is 0.389. The van der Waals surface area contributed by atoms with E-state index in [-0.39, 0.29) is 0 Å². The lowest BCUT2D eigenvalue weighted by molar-refractivity contribution is 0.793. The summed E-state index contributed by atoms with van der Waals surface area (Å²) in [4.78, 5) is 8.91. The summed E-state index contributed by atoms with van der Waals surface area (Å²) in [7, 11) is 0. The Labute approximate surface area is 115 Å². The molecule has 0 saturated carbocycles. The highest BCUT2D eigenvalue weighted by Crippen LogP contribution is 2.24. The van der Waals surface area contributed by atoms with Crippen LogP contribution in [0.3, 0.4) is 0 Å². The highest BCUT2D eigenvalue weighted by atomic mass is 127. The van der Waals surface area contributed by atoms with Crippen molar-refractivity contribution in [1.29, 1.82) is 0 Å². The quantitative estimate of drug-likeness (QED) is 0.845. The second-order valence-corrected chi connectivity index (χ2v) is 6.88. The van der Waals surface area contributed by atoms with Gasteiger partial charge < -0.3 is 5.73 Å². The molecule has 0 unspecified atom stereocenters. The summed E-state index contributed by atoms with van der Waals surface area (Å²) in [6, 6.07) is 0. The summed E-state index contributed by atoms with van der Waals surface area (Å²) in [6.07, 6.45) is 0. The second kappa shape index (κ2) is 6.05. The molecule has 2 N–H and O–H groups in total. The van der Waals surface area contributed by atoms with E-state index in [0.717, 1.165) is 20.8 Å². The van der Waals surface area contributed by atoms with Gasteiger partial charge in [0.2, 0.25) is 0 Å². The summed E-state index contributed by atoms with van der Waals surface area (Å²) in [5, 5.41) is 0.589. The molecule has 0 radical (unpaired) electrons. The fourth-order valence-electron chi connectivity index (χ4n) is 1.22. The van der Waals surface area contributed by atoms with Gasteiger partial charge in [0.1, 0.15) is 11.6 Å². The van der Waals surface area contributed by atoms with Crippen LogP contribution in [0.2, 0.25) is 0 Å². The van der Waals surface area contributed by atoms with Gasteiger partial charge >= 0.3 is 0 Å². The first-order valence-corrected chi connectivity index (χ1v) is 7.48. The first kappa shape index (κ1) is 14.0. The lowest BCUT2D eigenvalue weighted by atomic mass is 10.1. The normalized spacial score (nSPS) is 11.4. The number of aromatic nitrogens is 2. The molecule has 1 aromatic rings. The molecule has 0 aliphatic rings. The van der Waals surface area contributed by atoms with Crippen LogP contribution in [0.1, 0.15) is 45.1 Å². The van der Waals surface area contributed by atoms with Gasteiger partial charge in [-0.3, -0.25) is 0 Å². The van der Waals surface area contributed by atoms with Crippen LogP contribution in [-0.4, -0.2) is 15.2 Å². The Hall–Kier alpha value is -0.0400. The monoisotopic (exact) mass is 351 g/mol. The van der Waals surface area contributed by atoms with Crippen LogP contribution in [0, 0.1) is 3.57 Å². The molecule has 90 valence electrons. The van der Waals surface area contributed by atoms with Crippen LogP contribution in [0.5, 0.6) is 0 Å². The van der Waals surface area contributed by atoms with Crippen molar-refractivity contribution in [3.8, 4) is 0 Å². The molecule has 1 rings (SSSR count). The fourth-order valence-corrected chi connectivity index (χ4v) is 2.70. The van der Waals surface area contributed by atoms with Crippen LogP contribution in [0.25, 0.3) is 0 Å². The van der Waals surface area contributed by atoms with E-state index in [1.807, 2.05) is 11.8 Å². The zero-order chi connectivity index (χ0) is 12.3. The van der Waals surface area contributed by atoms with Gasteiger partial charge in [-0.1, -0.05) is 27.7 Å². The topological polar surface area (TPSA) is 51.8 Å². The molecule has 0 atom stereocenters. The molecule has 1 heterocycles. The number of halogens is 1. The van der Waals surface area contributed by atoms with Crippen LogP contribution in [0.15, 0.2) is 0 Å². The number of rotatable bonds is 4. The molecule has 16 heavy (non-hydrogen) atoms. The molecule has 0 aromatic carbocycles. The fraction of sp³-hybridized carbons (Fsp3) is 0.636. The molecule has 3 nitrogen and oxygen atoms in total. The van der Waals surface area contributed by atoms with Crippen molar-refractivity contribution < 1.29 is 0 Å². The Kier molecular flexibility index (Phi) is 5.30. The molecule has 0 aliphatic carbocycles. The van der Waals surface area contributed by atoms with Crippen LogP contribution < -0.4 is 5.73 Å². The molecule has 0 bridgehead atoms. The van der Waals surface area contributed by atoms with E-state index in [1.54, 1.807) is 0 Å². The van der Waals surface area contributed by atoms with Crippen molar-refractivity contribution >= 4 is 40.2 Å². The van der Waals surface area contributed by atoms with E-state index in [4.69, 9.17) is 5.73 Å². The van der Waals surface area contributed by atoms with E-state index in [0.29, 0.717) is 17.0 Å². The van der Waals surface area contributed by atoms with Crippen LogP contribution >= 0.6 is 34.4 Å². The predicted octanol–water partition coefficient (Wildman–Crippen LogP) is 3.43. The van der Waals surface area contributed by atoms with Gasteiger partial charge in [-0.25, -0.2) is 9.97 Å². The van der Waals surface area contributed by atoms with E-state index in [9.17, 15) is 0 Å². The SMILES string of the molecule is CC(C)SCc1nc(N)c(I)c(C(C)C)n1. The lowest BCUT2D eigenvalue weighted by Crippen LogP contribution is -2.08. The number of nitrogens with zero attached hydrogens (tertiary/aromatic N) is 2. The maximum absolute atomic E-state index is 5.90. The van der Waals surface area contributed by atoms with Crippen LogP contribution in [-0.2, 0) is 5.75 Å². The summed E-state index contributed by atoms with van der Waals surface area (Å²) in [6.45, 7) is 8.60. The van der Waals surface area contributed by atoms with Gasteiger partial charge in [0.15, 0.2) is 0 Å². The van der Waals surface area contributed by atoms with Crippen molar-refractivity contribution in [3.05, 3.63) is 15.1 Å². The maximum atomic E-state index is 5.90. The molecule has 0 aliphatic heterocycles. The molecular formula is C11H18IN3S. The first-order valence-electron chi connectivity index (χ1n) is 5.35. The van der Waals surface area contributed by atoms with E-state index in [2.05, 4.69) is 60.3 Å². The molecule has 0 spiro atoms.